The summed E-state index contributed by atoms with van der Waals surface area (Å²) < 4.78 is 7.41. The molecule has 0 spiro atoms. The van der Waals surface area contributed by atoms with Gasteiger partial charge in [0.1, 0.15) is 12.1 Å². The highest BCUT2D eigenvalue weighted by Gasteiger charge is 2.32. The first-order valence-corrected chi connectivity index (χ1v) is 12.3. The van der Waals surface area contributed by atoms with Crippen LogP contribution >= 0.6 is 0 Å². The number of anilines is 1. The standard InChI is InChI=1S/C25H30N8O2/c1-15-11-20(33-24(28-15)26-14-27-33)31-7-9-32(10-8-31)23(34)17-12-18(16-5-6-16)29-22-21(17)19(30-35-22)13-25(2,3)4/h11-12,14,16H,5-10,13H2,1-4H3. The number of hydrogen-bond acceptors (Lipinski definition) is 8. The van der Waals surface area contributed by atoms with Gasteiger partial charge in [-0.1, -0.05) is 25.9 Å². The Morgan fingerprint density at radius 2 is 1.89 bits per heavy atom. The molecule has 6 rings (SSSR count). The fraction of sp³-hybridized carbons (Fsp3) is 0.520. The molecule has 1 saturated carbocycles. The number of rotatable bonds is 4. The molecular formula is C25H30N8O2. The first-order chi connectivity index (χ1) is 16.8. The van der Waals surface area contributed by atoms with Gasteiger partial charge in [0.2, 0.25) is 0 Å². The van der Waals surface area contributed by atoms with Crippen molar-refractivity contribution in [3.05, 3.63) is 41.1 Å². The second-order valence-corrected chi connectivity index (χ2v) is 10.9. The zero-order chi connectivity index (χ0) is 24.3. The van der Waals surface area contributed by atoms with Crippen molar-refractivity contribution in [2.45, 2.75) is 52.9 Å². The predicted molar refractivity (Wildman–Crippen MR) is 131 cm³/mol. The highest BCUT2D eigenvalue weighted by molar-refractivity contribution is 6.06. The molecule has 10 nitrogen and oxygen atoms in total. The maximum Gasteiger partial charge on any atom is 0.259 e. The molecule has 0 atom stereocenters. The Morgan fingerprint density at radius 1 is 1.11 bits per heavy atom. The van der Waals surface area contributed by atoms with Gasteiger partial charge in [-0.25, -0.2) is 9.97 Å². The minimum absolute atomic E-state index is 0.0142. The number of aryl methyl sites for hydroxylation is 1. The van der Waals surface area contributed by atoms with E-state index in [1.807, 2.05) is 24.0 Å². The first kappa shape index (κ1) is 21.9. The summed E-state index contributed by atoms with van der Waals surface area (Å²) in [7, 11) is 0. The minimum atomic E-state index is 0.0142. The van der Waals surface area contributed by atoms with Crippen LogP contribution in [0.4, 0.5) is 5.82 Å². The lowest BCUT2D eigenvalue weighted by Gasteiger charge is -2.36. The molecule has 2 aliphatic rings. The Hall–Kier alpha value is -3.56. The van der Waals surface area contributed by atoms with Crippen molar-refractivity contribution in [2.75, 3.05) is 31.1 Å². The van der Waals surface area contributed by atoms with Crippen molar-refractivity contribution in [3.8, 4) is 0 Å². The van der Waals surface area contributed by atoms with Crippen molar-refractivity contribution < 1.29 is 9.32 Å². The van der Waals surface area contributed by atoms with Gasteiger partial charge in [0, 0.05) is 49.6 Å². The normalized spacial score (nSPS) is 17.0. The van der Waals surface area contributed by atoms with Crippen LogP contribution in [0.15, 0.2) is 23.0 Å². The van der Waals surface area contributed by atoms with E-state index in [0.29, 0.717) is 55.6 Å². The quantitative estimate of drug-likeness (QED) is 0.443. The summed E-state index contributed by atoms with van der Waals surface area (Å²) >= 11 is 0. The monoisotopic (exact) mass is 474 g/mol. The molecule has 1 amide bonds. The molecule has 0 radical (unpaired) electrons. The largest absolute Gasteiger partial charge is 0.353 e. The Bertz CT molecular complexity index is 1420. The zero-order valence-electron chi connectivity index (χ0n) is 20.7. The summed E-state index contributed by atoms with van der Waals surface area (Å²) in [5.74, 6) is 1.98. The number of aromatic nitrogens is 6. The molecule has 2 fully saturated rings. The molecule has 0 aromatic carbocycles. The zero-order valence-corrected chi connectivity index (χ0v) is 20.7. The molecule has 1 aliphatic carbocycles. The lowest BCUT2D eigenvalue weighted by molar-refractivity contribution is 0.0748. The molecule has 1 saturated heterocycles. The number of carbonyl (C=O) groups excluding carboxylic acids is 1. The van der Waals surface area contributed by atoms with Crippen LogP contribution in [-0.2, 0) is 6.42 Å². The summed E-state index contributed by atoms with van der Waals surface area (Å²) in [6, 6.07) is 4.01. The lowest BCUT2D eigenvalue weighted by Crippen LogP contribution is -2.49. The van der Waals surface area contributed by atoms with E-state index in [4.69, 9.17) is 9.51 Å². The topological polar surface area (TPSA) is 106 Å². The summed E-state index contributed by atoms with van der Waals surface area (Å²) in [6.45, 7) is 11.1. The van der Waals surface area contributed by atoms with Gasteiger partial charge in [-0.15, -0.1) is 0 Å². The molecule has 1 aliphatic heterocycles. The molecule has 10 heteroatoms. The van der Waals surface area contributed by atoms with Crippen LogP contribution in [0.1, 0.15) is 67.0 Å². The number of hydrogen-bond donors (Lipinski definition) is 0. The van der Waals surface area contributed by atoms with Crippen molar-refractivity contribution in [1.82, 2.24) is 34.6 Å². The Labute approximate surface area is 203 Å². The molecular weight excluding hydrogens is 444 g/mol. The van der Waals surface area contributed by atoms with Crippen molar-refractivity contribution in [3.63, 3.8) is 0 Å². The van der Waals surface area contributed by atoms with E-state index in [-0.39, 0.29) is 11.3 Å². The third-order valence-electron chi connectivity index (χ3n) is 6.71. The van der Waals surface area contributed by atoms with Gasteiger partial charge in [0.15, 0.2) is 0 Å². The average Bonchev–Trinajstić information content (AvgIpc) is 3.45. The molecule has 182 valence electrons. The lowest BCUT2D eigenvalue weighted by atomic mass is 9.89. The van der Waals surface area contributed by atoms with E-state index in [9.17, 15) is 4.79 Å². The Balaban J connectivity index is 1.29. The van der Waals surface area contributed by atoms with Gasteiger partial charge in [-0.05, 0) is 37.7 Å². The number of nitrogens with zero attached hydrogens (tertiary/aromatic N) is 8. The van der Waals surface area contributed by atoms with Gasteiger partial charge in [0.05, 0.1) is 16.6 Å². The van der Waals surface area contributed by atoms with E-state index in [0.717, 1.165) is 41.1 Å². The van der Waals surface area contributed by atoms with E-state index in [1.54, 1.807) is 4.52 Å². The summed E-state index contributed by atoms with van der Waals surface area (Å²) in [6.07, 6.45) is 4.45. The van der Waals surface area contributed by atoms with Crippen LogP contribution in [0.5, 0.6) is 0 Å². The van der Waals surface area contributed by atoms with Crippen LogP contribution in [0, 0.1) is 12.3 Å². The molecule has 4 aromatic heterocycles. The number of carbonyl (C=O) groups is 1. The number of amides is 1. The molecule has 0 N–H and O–H groups in total. The van der Waals surface area contributed by atoms with Crippen molar-refractivity contribution in [2.24, 2.45) is 5.41 Å². The maximum absolute atomic E-state index is 13.9. The van der Waals surface area contributed by atoms with E-state index in [2.05, 4.69) is 45.9 Å². The smallest absolute Gasteiger partial charge is 0.259 e. The van der Waals surface area contributed by atoms with E-state index < -0.39 is 0 Å². The van der Waals surface area contributed by atoms with Crippen LogP contribution in [-0.4, -0.2) is 66.7 Å². The molecule has 0 bridgehead atoms. The third-order valence-corrected chi connectivity index (χ3v) is 6.71. The second kappa shape index (κ2) is 8.00. The van der Waals surface area contributed by atoms with Gasteiger partial charge < -0.3 is 14.3 Å². The highest BCUT2D eigenvalue weighted by atomic mass is 16.5. The van der Waals surface area contributed by atoms with Gasteiger partial charge in [0.25, 0.3) is 17.4 Å². The highest BCUT2D eigenvalue weighted by Crippen LogP contribution is 2.41. The molecule has 4 aromatic rings. The summed E-state index contributed by atoms with van der Waals surface area (Å²) in [5.41, 5.74) is 3.81. The summed E-state index contributed by atoms with van der Waals surface area (Å²) in [4.78, 5) is 31.4. The van der Waals surface area contributed by atoms with Gasteiger partial charge >= 0.3 is 0 Å². The Morgan fingerprint density at radius 3 is 2.60 bits per heavy atom. The van der Waals surface area contributed by atoms with Crippen LogP contribution < -0.4 is 4.90 Å². The number of fused-ring (bicyclic) bond motifs is 2. The van der Waals surface area contributed by atoms with E-state index in [1.165, 1.54) is 6.33 Å². The van der Waals surface area contributed by atoms with Crippen molar-refractivity contribution in [1.29, 1.82) is 0 Å². The SMILES string of the molecule is Cc1cc(N2CCN(C(=O)c3cc(C4CC4)nc4onc(CC(C)(C)C)c34)CC2)n2ncnc2n1. The van der Waals surface area contributed by atoms with Crippen LogP contribution in [0.25, 0.3) is 16.9 Å². The fourth-order valence-corrected chi connectivity index (χ4v) is 4.85. The first-order valence-electron chi connectivity index (χ1n) is 12.3. The average molecular weight is 475 g/mol. The Kier molecular flexibility index (Phi) is 5.01. The fourth-order valence-electron chi connectivity index (χ4n) is 4.85. The number of pyridine rings is 1. The maximum atomic E-state index is 13.9. The number of piperazine rings is 1. The van der Waals surface area contributed by atoms with Crippen LogP contribution in [0.2, 0.25) is 0 Å². The molecule has 5 heterocycles. The summed E-state index contributed by atoms with van der Waals surface area (Å²) in [5, 5.41) is 9.44. The second-order valence-electron chi connectivity index (χ2n) is 10.9. The molecule has 35 heavy (non-hydrogen) atoms. The predicted octanol–water partition coefficient (Wildman–Crippen LogP) is 3.40. The van der Waals surface area contributed by atoms with E-state index >= 15 is 0 Å². The van der Waals surface area contributed by atoms with Crippen LogP contribution in [0.3, 0.4) is 0 Å². The minimum Gasteiger partial charge on any atom is -0.353 e. The van der Waals surface area contributed by atoms with Gasteiger partial charge in [-0.3, -0.25) is 4.79 Å². The van der Waals surface area contributed by atoms with Crippen molar-refractivity contribution >= 4 is 28.6 Å². The molecule has 0 unspecified atom stereocenters. The third kappa shape index (κ3) is 4.11. The van der Waals surface area contributed by atoms with Gasteiger partial charge in [-0.2, -0.15) is 14.6 Å².